The lowest BCUT2D eigenvalue weighted by molar-refractivity contribution is -0.120. The van der Waals surface area contributed by atoms with Gasteiger partial charge < -0.3 is 11.1 Å². The molecule has 2 aromatic rings. The van der Waals surface area contributed by atoms with Gasteiger partial charge in [-0.15, -0.1) is 0 Å². The molecule has 3 rings (SSSR count). The Labute approximate surface area is 144 Å². The molecule has 1 aromatic heterocycles. The van der Waals surface area contributed by atoms with Gasteiger partial charge in [0.05, 0.1) is 5.41 Å². The molecule has 0 saturated heterocycles. The summed E-state index contributed by atoms with van der Waals surface area (Å²) in [5, 5.41) is 2.79. The predicted octanol–water partition coefficient (Wildman–Crippen LogP) is 3.15. The molecule has 0 atom stereocenters. The van der Waals surface area contributed by atoms with Crippen molar-refractivity contribution in [3.05, 3.63) is 72.2 Å². The molecule has 0 spiro atoms. The molecule has 0 bridgehead atoms. The summed E-state index contributed by atoms with van der Waals surface area (Å²) in [4.78, 5) is 19.7. The molecule has 1 aromatic carbocycles. The Hall–Kier alpha value is -3.09. The fourth-order valence-electron chi connectivity index (χ4n) is 2.55. The average molecular weight is 344 g/mol. The third-order valence-electron chi connectivity index (χ3n) is 4.01. The molecule has 25 heavy (non-hydrogen) atoms. The predicted molar refractivity (Wildman–Crippen MR) is 93.0 cm³/mol. The van der Waals surface area contributed by atoms with Crippen LogP contribution in [0.1, 0.15) is 19.8 Å². The number of hydrogen-bond acceptors (Lipinski definition) is 3. The van der Waals surface area contributed by atoms with Crippen LogP contribution in [-0.2, 0) is 10.2 Å². The summed E-state index contributed by atoms with van der Waals surface area (Å²) in [7, 11) is 0. The van der Waals surface area contributed by atoms with E-state index >= 15 is 0 Å². The molecule has 130 valence electrons. The number of benzene rings is 1. The standard InChI is InChI=1S/C18H16F2N4O.H2/c19-14-4-2-1-3-13(14)18(7-8-18)17(25)24-16(21)6-10-22-12-5-9-23-15(20)11-12;/h1-6,9-11H,7-8H2,(H,22,23)(H2,21,24,25);1H/b10-6-;. The van der Waals surface area contributed by atoms with Crippen LogP contribution in [0.2, 0.25) is 0 Å². The number of amidine groups is 1. The van der Waals surface area contributed by atoms with Crippen molar-refractivity contribution >= 4 is 17.4 Å². The average Bonchev–Trinajstić information content (AvgIpc) is 3.37. The van der Waals surface area contributed by atoms with Gasteiger partial charge in [0.15, 0.2) is 0 Å². The van der Waals surface area contributed by atoms with Crippen LogP contribution in [0.25, 0.3) is 0 Å². The summed E-state index contributed by atoms with van der Waals surface area (Å²) >= 11 is 0. The lowest BCUT2D eigenvalue weighted by Gasteiger charge is -2.12. The van der Waals surface area contributed by atoms with Crippen LogP contribution in [-0.4, -0.2) is 16.7 Å². The molecular weight excluding hydrogens is 326 g/mol. The van der Waals surface area contributed by atoms with Crippen LogP contribution in [0.4, 0.5) is 14.5 Å². The van der Waals surface area contributed by atoms with E-state index in [0.29, 0.717) is 24.1 Å². The molecule has 0 aliphatic heterocycles. The topological polar surface area (TPSA) is 80.4 Å². The highest BCUT2D eigenvalue weighted by molar-refractivity contribution is 6.04. The first-order valence-electron chi connectivity index (χ1n) is 7.69. The first kappa shape index (κ1) is 16.8. The lowest BCUT2D eigenvalue weighted by Crippen LogP contribution is -2.23. The van der Waals surface area contributed by atoms with Gasteiger partial charge in [-0.25, -0.2) is 9.37 Å². The van der Waals surface area contributed by atoms with E-state index in [-0.39, 0.29) is 7.26 Å². The van der Waals surface area contributed by atoms with E-state index < -0.39 is 23.1 Å². The zero-order valence-electron chi connectivity index (χ0n) is 13.2. The second-order valence-electron chi connectivity index (χ2n) is 5.75. The number of aromatic nitrogens is 1. The summed E-state index contributed by atoms with van der Waals surface area (Å²) in [6.45, 7) is 0. The van der Waals surface area contributed by atoms with E-state index in [1.54, 1.807) is 24.3 Å². The number of aliphatic imine (C=N–C) groups is 1. The first-order chi connectivity index (χ1) is 12.0. The summed E-state index contributed by atoms with van der Waals surface area (Å²) in [6.07, 6.45) is 5.22. The zero-order valence-corrected chi connectivity index (χ0v) is 13.2. The lowest BCUT2D eigenvalue weighted by atomic mass is 9.94. The largest absolute Gasteiger partial charge is 0.384 e. The maximum Gasteiger partial charge on any atom is 0.258 e. The van der Waals surface area contributed by atoms with Crippen LogP contribution < -0.4 is 11.1 Å². The second kappa shape index (κ2) is 6.80. The maximum absolute atomic E-state index is 14.0. The number of nitrogens with one attached hydrogen (secondary N) is 1. The Morgan fingerprint density at radius 1 is 1.32 bits per heavy atom. The van der Waals surface area contributed by atoms with Crippen LogP contribution in [0.15, 0.2) is 59.9 Å². The van der Waals surface area contributed by atoms with Crippen molar-refractivity contribution in [1.29, 1.82) is 0 Å². The number of amides is 1. The Morgan fingerprint density at radius 3 is 2.76 bits per heavy atom. The van der Waals surface area contributed by atoms with Crippen molar-refractivity contribution in [2.75, 3.05) is 5.32 Å². The van der Waals surface area contributed by atoms with E-state index in [4.69, 9.17) is 5.73 Å². The summed E-state index contributed by atoms with van der Waals surface area (Å²) in [5.74, 6) is -1.51. The molecular formula is C18H18F2N4O. The van der Waals surface area contributed by atoms with Gasteiger partial charge in [-0.1, -0.05) is 18.2 Å². The number of nitrogens with two attached hydrogens (primary N) is 1. The Morgan fingerprint density at radius 2 is 2.08 bits per heavy atom. The molecule has 1 aliphatic carbocycles. The SMILES string of the molecule is NC(/C=C\Nc1ccnc(F)c1)=NC(=O)C1(c2ccccc2F)CC1.[HH]. The van der Waals surface area contributed by atoms with Crippen LogP contribution in [0, 0.1) is 11.8 Å². The maximum atomic E-state index is 14.0. The number of rotatable bonds is 5. The normalized spacial score (nSPS) is 16.0. The number of nitrogens with zero attached hydrogens (tertiary/aromatic N) is 2. The van der Waals surface area contributed by atoms with Gasteiger partial charge in [-0.05, 0) is 31.1 Å². The summed E-state index contributed by atoms with van der Waals surface area (Å²) in [6, 6.07) is 8.97. The van der Waals surface area contributed by atoms with Gasteiger partial charge >= 0.3 is 0 Å². The zero-order chi connectivity index (χ0) is 17.9. The number of carbonyl (C=O) groups is 1. The van der Waals surface area contributed by atoms with Gasteiger partial charge in [-0.3, -0.25) is 4.79 Å². The Kier molecular flexibility index (Phi) is 4.56. The second-order valence-corrected chi connectivity index (χ2v) is 5.75. The van der Waals surface area contributed by atoms with E-state index in [9.17, 15) is 13.6 Å². The molecule has 0 unspecified atom stereocenters. The van der Waals surface area contributed by atoms with E-state index in [0.717, 1.165) is 0 Å². The monoisotopic (exact) mass is 344 g/mol. The molecule has 5 nitrogen and oxygen atoms in total. The van der Waals surface area contributed by atoms with Crippen LogP contribution >= 0.6 is 0 Å². The van der Waals surface area contributed by atoms with Gasteiger partial charge in [0.1, 0.15) is 11.7 Å². The molecule has 1 saturated carbocycles. The van der Waals surface area contributed by atoms with Crippen molar-refractivity contribution in [3.8, 4) is 0 Å². The molecule has 3 N–H and O–H groups in total. The van der Waals surface area contributed by atoms with Gasteiger partial charge in [-0.2, -0.15) is 9.38 Å². The van der Waals surface area contributed by atoms with Crippen molar-refractivity contribution < 1.29 is 15.0 Å². The van der Waals surface area contributed by atoms with Crippen molar-refractivity contribution in [1.82, 2.24) is 4.98 Å². The van der Waals surface area contributed by atoms with Gasteiger partial charge in [0.25, 0.3) is 5.91 Å². The Balaban J connectivity index is 0.00000243. The molecule has 0 radical (unpaired) electrons. The van der Waals surface area contributed by atoms with Crippen molar-refractivity contribution in [2.45, 2.75) is 18.3 Å². The first-order valence-corrected chi connectivity index (χ1v) is 7.69. The highest BCUT2D eigenvalue weighted by Crippen LogP contribution is 2.50. The number of anilines is 1. The summed E-state index contributed by atoms with van der Waals surface area (Å²) in [5.41, 5.74) is 5.65. The van der Waals surface area contributed by atoms with Gasteiger partial charge in [0, 0.05) is 31.1 Å². The highest BCUT2D eigenvalue weighted by Gasteiger charge is 2.52. The number of pyridine rings is 1. The quantitative estimate of drug-likeness (QED) is 0.496. The van der Waals surface area contributed by atoms with Crippen molar-refractivity contribution in [3.63, 3.8) is 0 Å². The number of halogens is 2. The molecule has 1 fully saturated rings. The minimum atomic E-state index is -0.911. The summed E-state index contributed by atoms with van der Waals surface area (Å²) < 4.78 is 26.9. The fraction of sp³-hybridized carbons (Fsp3) is 0.167. The third-order valence-corrected chi connectivity index (χ3v) is 4.01. The minimum Gasteiger partial charge on any atom is -0.384 e. The van der Waals surface area contributed by atoms with E-state index in [2.05, 4.69) is 15.3 Å². The number of carbonyl (C=O) groups excluding carboxylic acids is 1. The van der Waals surface area contributed by atoms with Crippen LogP contribution in [0.5, 0.6) is 0 Å². The molecule has 1 aliphatic rings. The van der Waals surface area contributed by atoms with E-state index in [1.807, 2.05) is 0 Å². The van der Waals surface area contributed by atoms with Gasteiger partial charge in [0.2, 0.25) is 5.95 Å². The smallest absolute Gasteiger partial charge is 0.258 e. The Bertz CT molecular complexity index is 866. The molecule has 7 heteroatoms. The molecule has 1 amide bonds. The van der Waals surface area contributed by atoms with E-state index in [1.165, 1.54) is 30.6 Å². The van der Waals surface area contributed by atoms with Crippen molar-refractivity contribution in [2.24, 2.45) is 10.7 Å². The minimum absolute atomic E-state index is 0. The fourth-order valence-corrected chi connectivity index (χ4v) is 2.55. The number of hydrogen-bond donors (Lipinski definition) is 2. The molecule has 1 heterocycles. The third kappa shape index (κ3) is 3.71. The van der Waals surface area contributed by atoms with Crippen LogP contribution in [0.3, 0.4) is 0 Å². The highest BCUT2D eigenvalue weighted by atomic mass is 19.1.